The largest absolute Gasteiger partial charge is 0.378 e. The van der Waals surface area contributed by atoms with Crippen LogP contribution in [-0.4, -0.2) is 68.0 Å². The van der Waals surface area contributed by atoms with Crippen LogP contribution in [0.4, 0.5) is 5.69 Å². The van der Waals surface area contributed by atoms with Gasteiger partial charge >= 0.3 is 0 Å². The molecule has 0 atom stereocenters. The maximum absolute atomic E-state index is 12.0. The molecule has 12 heteroatoms. The van der Waals surface area contributed by atoms with Crippen molar-refractivity contribution in [3.05, 3.63) is 136 Å². The fraction of sp³-hybridized carbons (Fsp3) is 0.317. The molecule has 0 saturated heterocycles. The number of thioether (sulfide) groups is 1. The standard InChI is InChI=1S/C23H31N3O2S.C18H20N2O4/c1-17(2)20-9-5-18(6-10-20)13-22(27)24-15-29-16-25-23(28)14-19-7-11-21(12-8-19)26(3)4;1-13-2-6-15(7-3-13)17(21)19-12-20-18(22)16-8-4-14(5-9-16)10-11-24-23/h5-12,17H,13-16H2,1-4H3,(H,24,27)(H,25,28);2-9,23H,10-12H2,1H3,(H,19,21)(H,20,22). The van der Waals surface area contributed by atoms with Crippen molar-refractivity contribution >= 4 is 41.1 Å². The monoisotopic (exact) mass is 741 g/mol. The predicted octanol–water partition coefficient (Wildman–Crippen LogP) is 5.69. The number of carbonyl (C=O) groups excluding carboxylic acids is 4. The minimum atomic E-state index is -0.274. The molecule has 5 N–H and O–H groups in total. The summed E-state index contributed by atoms with van der Waals surface area (Å²) in [6, 6.07) is 30.2. The molecular formula is C41H51N5O6S. The molecular weight excluding hydrogens is 691 g/mol. The second-order valence-corrected chi connectivity index (χ2v) is 13.8. The fourth-order valence-electron chi connectivity index (χ4n) is 4.84. The molecule has 11 nitrogen and oxygen atoms in total. The third kappa shape index (κ3) is 15.9. The van der Waals surface area contributed by atoms with Gasteiger partial charge in [-0.25, -0.2) is 4.89 Å². The minimum absolute atomic E-state index is 0.0119. The molecule has 4 aromatic carbocycles. The van der Waals surface area contributed by atoms with Gasteiger partial charge in [-0.15, -0.1) is 11.8 Å². The lowest BCUT2D eigenvalue weighted by Gasteiger charge is -2.12. The molecule has 0 bridgehead atoms. The summed E-state index contributed by atoms with van der Waals surface area (Å²) in [5.41, 5.74) is 7.44. The van der Waals surface area contributed by atoms with E-state index in [1.807, 2.05) is 74.4 Å². The average Bonchev–Trinajstić information content (AvgIpc) is 3.15. The number of aryl methyl sites for hydroxylation is 1. The number of hydrogen-bond donors (Lipinski definition) is 5. The molecule has 4 aromatic rings. The van der Waals surface area contributed by atoms with Crippen molar-refractivity contribution in [2.45, 2.75) is 46.0 Å². The Kier molecular flexibility index (Phi) is 18.1. The summed E-state index contributed by atoms with van der Waals surface area (Å²) in [4.78, 5) is 54.0. The molecule has 0 aliphatic heterocycles. The fourth-order valence-corrected chi connectivity index (χ4v) is 5.47. The lowest BCUT2D eigenvalue weighted by Crippen LogP contribution is -2.37. The first-order valence-electron chi connectivity index (χ1n) is 17.4. The number of nitrogens with one attached hydrogen (secondary N) is 4. The van der Waals surface area contributed by atoms with Crippen LogP contribution in [0.15, 0.2) is 97.1 Å². The zero-order valence-corrected chi connectivity index (χ0v) is 31.9. The van der Waals surface area contributed by atoms with E-state index in [4.69, 9.17) is 5.26 Å². The van der Waals surface area contributed by atoms with E-state index in [0.29, 0.717) is 48.1 Å². The molecule has 0 aliphatic carbocycles. The first kappa shape index (κ1) is 42.2. The Hall–Kier alpha value is -5.17. The molecule has 0 unspecified atom stereocenters. The lowest BCUT2D eigenvalue weighted by molar-refractivity contribution is -0.241. The van der Waals surface area contributed by atoms with Gasteiger partial charge in [0.05, 0.1) is 37.9 Å². The number of amides is 4. The van der Waals surface area contributed by atoms with Crippen molar-refractivity contribution in [3.63, 3.8) is 0 Å². The van der Waals surface area contributed by atoms with E-state index in [0.717, 1.165) is 27.9 Å². The number of anilines is 1. The number of benzene rings is 4. The summed E-state index contributed by atoms with van der Waals surface area (Å²) in [5, 5.41) is 19.3. The summed E-state index contributed by atoms with van der Waals surface area (Å²) >= 11 is 1.47. The molecule has 0 radical (unpaired) electrons. The highest BCUT2D eigenvalue weighted by atomic mass is 32.2. The Balaban J connectivity index is 0.000000290. The van der Waals surface area contributed by atoms with Crippen LogP contribution in [0.25, 0.3) is 0 Å². The van der Waals surface area contributed by atoms with Crippen LogP contribution < -0.4 is 26.2 Å². The van der Waals surface area contributed by atoms with E-state index >= 15 is 0 Å². The van der Waals surface area contributed by atoms with Crippen molar-refractivity contribution in [3.8, 4) is 0 Å². The number of carbonyl (C=O) groups is 4. The Labute approximate surface area is 316 Å². The Morgan fingerprint density at radius 1 is 0.660 bits per heavy atom. The smallest absolute Gasteiger partial charge is 0.252 e. The van der Waals surface area contributed by atoms with Crippen molar-refractivity contribution in [1.82, 2.24) is 21.3 Å². The van der Waals surface area contributed by atoms with E-state index in [-0.39, 0.29) is 36.9 Å². The van der Waals surface area contributed by atoms with Gasteiger partial charge in [0.2, 0.25) is 11.8 Å². The summed E-state index contributed by atoms with van der Waals surface area (Å²) in [5.74, 6) is 0.882. The average molecular weight is 742 g/mol. The van der Waals surface area contributed by atoms with Gasteiger partial charge in [-0.05, 0) is 77.9 Å². The van der Waals surface area contributed by atoms with Gasteiger partial charge in [-0.3, -0.25) is 24.4 Å². The molecule has 4 amide bonds. The summed E-state index contributed by atoms with van der Waals surface area (Å²) in [6.45, 7) is 6.50. The Morgan fingerprint density at radius 2 is 1.11 bits per heavy atom. The highest BCUT2D eigenvalue weighted by Crippen LogP contribution is 2.15. The van der Waals surface area contributed by atoms with Crippen LogP contribution in [-0.2, 0) is 33.7 Å². The first-order valence-corrected chi connectivity index (χ1v) is 18.5. The van der Waals surface area contributed by atoms with E-state index in [9.17, 15) is 19.2 Å². The number of nitrogens with zero attached hydrogens (tertiary/aromatic N) is 1. The van der Waals surface area contributed by atoms with Crippen LogP contribution >= 0.6 is 11.8 Å². The summed E-state index contributed by atoms with van der Waals surface area (Å²) in [7, 11) is 3.97. The molecule has 0 saturated carbocycles. The highest BCUT2D eigenvalue weighted by Gasteiger charge is 2.09. The van der Waals surface area contributed by atoms with Crippen LogP contribution in [0.3, 0.4) is 0 Å². The third-order valence-corrected chi connectivity index (χ3v) is 8.78. The Morgan fingerprint density at radius 3 is 1.57 bits per heavy atom. The van der Waals surface area contributed by atoms with Gasteiger partial charge in [0.25, 0.3) is 11.8 Å². The van der Waals surface area contributed by atoms with E-state index in [1.165, 1.54) is 17.3 Å². The minimum Gasteiger partial charge on any atom is -0.378 e. The van der Waals surface area contributed by atoms with Gasteiger partial charge in [0, 0.05) is 30.9 Å². The summed E-state index contributed by atoms with van der Waals surface area (Å²) < 4.78 is 0. The molecule has 0 fully saturated rings. The third-order valence-electron chi connectivity index (χ3n) is 8.08. The zero-order valence-electron chi connectivity index (χ0n) is 31.1. The quantitative estimate of drug-likeness (QED) is 0.0402. The van der Waals surface area contributed by atoms with Gasteiger partial charge in [0.1, 0.15) is 0 Å². The van der Waals surface area contributed by atoms with Gasteiger partial charge < -0.3 is 26.2 Å². The predicted molar refractivity (Wildman–Crippen MR) is 212 cm³/mol. The second-order valence-electron chi connectivity index (χ2n) is 12.8. The molecule has 0 spiro atoms. The van der Waals surface area contributed by atoms with Crippen LogP contribution in [0.1, 0.15) is 68.3 Å². The molecule has 4 rings (SSSR count). The van der Waals surface area contributed by atoms with E-state index in [2.05, 4.69) is 52.1 Å². The van der Waals surface area contributed by atoms with Crippen LogP contribution in [0, 0.1) is 6.92 Å². The van der Waals surface area contributed by atoms with E-state index in [1.54, 1.807) is 36.4 Å². The normalized spacial score (nSPS) is 10.5. The molecule has 0 aromatic heterocycles. The van der Waals surface area contributed by atoms with Crippen molar-refractivity contribution in [2.24, 2.45) is 0 Å². The molecule has 0 aliphatic rings. The second kappa shape index (κ2) is 22.7. The Bertz CT molecular complexity index is 1660. The number of rotatable bonds is 17. The SMILES string of the molecule is CC(C)c1ccc(CC(=O)NCSCNC(=O)Cc2ccc(N(C)C)cc2)cc1.Cc1ccc(C(=O)NCNC(=O)c2ccc(CCOO)cc2)cc1. The molecule has 0 heterocycles. The number of hydrogen-bond acceptors (Lipinski definition) is 8. The van der Waals surface area contributed by atoms with Crippen molar-refractivity contribution in [2.75, 3.05) is 44.0 Å². The molecule has 53 heavy (non-hydrogen) atoms. The van der Waals surface area contributed by atoms with Crippen LogP contribution in [0.2, 0.25) is 0 Å². The zero-order chi connectivity index (χ0) is 38.6. The van der Waals surface area contributed by atoms with Gasteiger partial charge in [-0.1, -0.05) is 80.1 Å². The summed E-state index contributed by atoms with van der Waals surface area (Å²) in [6.07, 6.45) is 1.28. The first-order chi connectivity index (χ1) is 25.4. The van der Waals surface area contributed by atoms with Crippen LogP contribution in [0.5, 0.6) is 0 Å². The van der Waals surface area contributed by atoms with Gasteiger partial charge in [-0.2, -0.15) is 0 Å². The topological polar surface area (TPSA) is 149 Å². The highest BCUT2D eigenvalue weighted by molar-refractivity contribution is 7.99. The lowest BCUT2D eigenvalue weighted by atomic mass is 10.0. The van der Waals surface area contributed by atoms with Crippen molar-refractivity contribution < 1.29 is 29.3 Å². The van der Waals surface area contributed by atoms with Crippen molar-refractivity contribution in [1.29, 1.82) is 0 Å². The maximum Gasteiger partial charge on any atom is 0.252 e. The molecule has 282 valence electrons. The van der Waals surface area contributed by atoms with E-state index < -0.39 is 0 Å². The maximum atomic E-state index is 12.0. The van der Waals surface area contributed by atoms with Gasteiger partial charge in [0.15, 0.2) is 0 Å².